The maximum atomic E-state index is 2.84. The monoisotopic (exact) mass is 384 g/mol. The molecule has 28 heavy (non-hydrogen) atoms. The van der Waals surface area contributed by atoms with Gasteiger partial charge >= 0.3 is 0 Å². The molecule has 0 aromatic carbocycles. The van der Waals surface area contributed by atoms with Crippen molar-refractivity contribution in [2.75, 3.05) is 0 Å². The van der Waals surface area contributed by atoms with Crippen molar-refractivity contribution in [3.63, 3.8) is 0 Å². The Morgan fingerprint density at radius 3 is 2.43 bits per heavy atom. The SMILES string of the molecule is CC.CC1CCC2CCC3(C)C(=CCC4C5(C)CCCCC5CCC43C)C2C1. The molecule has 4 fully saturated rings. The minimum atomic E-state index is 0.500. The molecule has 5 aliphatic carbocycles. The normalized spacial score (nSPS) is 52.6. The first-order valence-corrected chi connectivity index (χ1v) is 13.1. The van der Waals surface area contributed by atoms with E-state index in [4.69, 9.17) is 0 Å². The quantitative estimate of drug-likeness (QED) is 0.366. The van der Waals surface area contributed by atoms with Crippen LogP contribution in [0.3, 0.4) is 0 Å². The van der Waals surface area contributed by atoms with Crippen molar-refractivity contribution in [3.8, 4) is 0 Å². The lowest BCUT2D eigenvalue weighted by molar-refractivity contribution is -0.146. The van der Waals surface area contributed by atoms with E-state index in [0.29, 0.717) is 16.2 Å². The van der Waals surface area contributed by atoms with E-state index in [1.165, 1.54) is 77.0 Å². The van der Waals surface area contributed by atoms with Crippen molar-refractivity contribution in [2.24, 2.45) is 45.8 Å². The minimum absolute atomic E-state index is 0.500. The van der Waals surface area contributed by atoms with Gasteiger partial charge in [0.25, 0.3) is 0 Å². The lowest BCUT2D eigenvalue weighted by Crippen LogP contribution is -2.60. The van der Waals surface area contributed by atoms with Gasteiger partial charge in [-0.3, -0.25) is 0 Å². The molecule has 0 radical (unpaired) electrons. The molecule has 0 heterocycles. The maximum Gasteiger partial charge on any atom is -0.00567 e. The van der Waals surface area contributed by atoms with Gasteiger partial charge in [0.2, 0.25) is 0 Å². The molecule has 0 heteroatoms. The fourth-order valence-electron chi connectivity index (χ4n) is 9.36. The Morgan fingerprint density at radius 2 is 1.64 bits per heavy atom. The minimum Gasteiger partial charge on any atom is -0.0842 e. The zero-order chi connectivity index (χ0) is 20.2. The van der Waals surface area contributed by atoms with Crippen LogP contribution in [0.1, 0.15) is 119 Å². The highest BCUT2D eigenvalue weighted by molar-refractivity contribution is 5.31. The third kappa shape index (κ3) is 2.82. The molecule has 4 saturated carbocycles. The summed E-state index contributed by atoms with van der Waals surface area (Å²) in [5, 5.41) is 0. The standard InChI is InChI=1S/C26H42.C2H6/c1-18-8-9-19-12-15-25(3)22(21(19)17-18)10-11-23-24(2)14-6-5-7-20(24)13-16-26(23,25)4;1-2/h10,18-21,23H,5-9,11-17H2,1-4H3;1-2H3. The summed E-state index contributed by atoms with van der Waals surface area (Å²) in [4.78, 5) is 0. The average Bonchev–Trinajstić information content (AvgIpc) is 2.69. The van der Waals surface area contributed by atoms with Crippen LogP contribution in [0.5, 0.6) is 0 Å². The molecule has 0 N–H and O–H groups in total. The lowest BCUT2D eigenvalue weighted by Gasteiger charge is -2.68. The van der Waals surface area contributed by atoms with Gasteiger partial charge in [-0.25, -0.2) is 0 Å². The molecule has 0 saturated heterocycles. The summed E-state index contributed by atoms with van der Waals surface area (Å²) in [6.07, 6.45) is 20.8. The number of fused-ring (bicyclic) bond motifs is 7. The van der Waals surface area contributed by atoms with Crippen LogP contribution in [0.15, 0.2) is 11.6 Å². The molecule has 5 rings (SSSR count). The van der Waals surface area contributed by atoms with Gasteiger partial charge in [0.15, 0.2) is 0 Å². The van der Waals surface area contributed by atoms with E-state index in [9.17, 15) is 0 Å². The predicted molar refractivity (Wildman–Crippen MR) is 122 cm³/mol. The van der Waals surface area contributed by atoms with Gasteiger partial charge in [-0.1, -0.05) is 72.5 Å². The molecule has 160 valence electrons. The number of rotatable bonds is 0. The second kappa shape index (κ2) is 7.46. The molecule has 0 aromatic heterocycles. The van der Waals surface area contributed by atoms with Gasteiger partial charge in [0.1, 0.15) is 0 Å². The zero-order valence-corrected chi connectivity index (χ0v) is 19.9. The van der Waals surface area contributed by atoms with E-state index in [-0.39, 0.29) is 0 Å². The Hall–Kier alpha value is -0.260. The smallest absolute Gasteiger partial charge is 0.00567 e. The number of allylic oxidation sites excluding steroid dienone is 2. The first kappa shape index (κ1) is 21.0. The van der Waals surface area contributed by atoms with Crippen LogP contribution in [0.25, 0.3) is 0 Å². The Balaban J connectivity index is 0.000000932. The molecule has 8 atom stereocenters. The highest BCUT2D eigenvalue weighted by atomic mass is 14.7. The van der Waals surface area contributed by atoms with E-state index >= 15 is 0 Å². The Bertz CT molecular complexity index is 601. The summed E-state index contributed by atoms with van der Waals surface area (Å²) in [6, 6.07) is 0. The van der Waals surface area contributed by atoms with Crippen LogP contribution in [0.4, 0.5) is 0 Å². The fraction of sp³-hybridized carbons (Fsp3) is 0.929. The maximum absolute atomic E-state index is 2.84. The molecule has 8 unspecified atom stereocenters. The number of hydrogen-bond donors (Lipinski definition) is 0. The van der Waals surface area contributed by atoms with Crippen LogP contribution in [0, 0.1) is 45.8 Å². The average molecular weight is 385 g/mol. The first-order chi connectivity index (χ1) is 13.4. The molecule has 5 aliphatic rings. The molecule has 0 bridgehead atoms. The van der Waals surface area contributed by atoms with Crippen LogP contribution in [-0.4, -0.2) is 0 Å². The molecule has 0 spiro atoms. The van der Waals surface area contributed by atoms with Gasteiger partial charge < -0.3 is 0 Å². The van der Waals surface area contributed by atoms with Crippen LogP contribution in [-0.2, 0) is 0 Å². The van der Waals surface area contributed by atoms with Crippen LogP contribution in [0.2, 0.25) is 0 Å². The van der Waals surface area contributed by atoms with E-state index in [1.807, 2.05) is 19.4 Å². The fourth-order valence-corrected chi connectivity index (χ4v) is 9.36. The molecule has 0 aliphatic heterocycles. The van der Waals surface area contributed by atoms with Crippen molar-refractivity contribution in [1.82, 2.24) is 0 Å². The summed E-state index contributed by atoms with van der Waals surface area (Å²) in [7, 11) is 0. The van der Waals surface area contributed by atoms with Crippen LogP contribution < -0.4 is 0 Å². The second-order valence-corrected chi connectivity index (χ2v) is 12.0. The third-order valence-corrected chi connectivity index (χ3v) is 11.2. The van der Waals surface area contributed by atoms with Crippen molar-refractivity contribution in [3.05, 3.63) is 11.6 Å². The Morgan fingerprint density at radius 1 is 0.857 bits per heavy atom. The van der Waals surface area contributed by atoms with Crippen molar-refractivity contribution < 1.29 is 0 Å². The van der Waals surface area contributed by atoms with E-state index < -0.39 is 0 Å². The Labute approximate surface area is 176 Å². The second-order valence-electron chi connectivity index (χ2n) is 12.0. The summed E-state index contributed by atoms with van der Waals surface area (Å²) >= 11 is 0. The Kier molecular flexibility index (Phi) is 5.59. The van der Waals surface area contributed by atoms with Gasteiger partial charge in [0.05, 0.1) is 0 Å². The molecular formula is C28H48. The summed E-state index contributed by atoms with van der Waals surface area (Å²) < 4.78 is 0. The molecule has 0 amide bonds. The highest BCUT2D eigenvalue weighted by Gasteiger charge is 2.63. The lowest BCUT2D eigenvalue weighted by atomic mass is 9.36. The van der Waals surface area contributed by atoms with Crippen molar-refractivity contribution >= 4 is 0 Å². The molecular weight excluding hydrogens is 336 g/mol. The van der Waals surface area contributed by atoms with Crippen molar-refractivity contribution in [1.29, 1.82) is 0 Å². The van der Waals surface area contributed by atoms with Gasteiger partial charge in [-0.05, 0) is 104 Å². The van der Waals surface area contributed by atoms with Crippen LogP contribution >= 0.6 is 0 Å². The first-order valence-electron chi connectivity index (χ1n) is 13.1. The predicted octanol–water partition coefficient (Wildman–Crippen LogP) is 8.81. The van der Waals surface area contributed by atoms with Gasteiger partial charge in [-0.2, -0.15) is 0 Å². The summed E-state index contributed by atoms with van der Waals surface area (Å²) in [6.45, 7) is 14.7. The van der Waals surface area contributed by atoms with E-state index in [1.54, 1.807) is 0 Å². The summed E-state index contributed by atoms with van der Waals surface area (Å²) in [5.41, 5.74) is 3.65. The summed E-state index contributed by atoms with van der Waals surface area (Å²) in [5.74, 6) is 4.88. The molecule has 0 aromatic rings. The van der Waals surface area contributed by atoms with Gasteiger partial charge in [0, 0.05) is 0 Å². The van der Waals surface area contributed by atoms with Gasteiger partial charge in [-0.15, -0.1) is 0 Å². The van der Waals surface area contributed by atoms with E-state index in [0.717, 1.165) is 29.6 Å². The largest absolute Gasteiger partial charge is 0.0842 e. The topological polar surface area (TPSA) is 0 Å². The van der Waals surface area contributed by atoms with Crippen molar-refractivity contribution in [2.45, 2.75) is 119 Å². The highest BCUT2D eigenvalue weighted by Crippen LogP contribution is 2.72. The third-order valence-electron chi connectivity index (χ3n) is 11.2. The molecule has 0 nitrogen and oxygen atoms in total. The number of hydrogen-bond acceptors (Lipinski definition) is 0. The zero-order valence-electron chi connectivity index (χ0n) is 19.9. The van der Waals surface area contributed by atoms with E-state index in [2.05, 4.69) is 33.8 Å².